The number of halogens is 1. The minimum atomic E-state index is -3.68. The number of carbonyl (C=O) groups is 1. The smallest absolute Gasteiger partial charge is 0.277 e. The molecule has 0 radical (unpaired) electrons. The third-order valence-corrected chi connectivity index (χ3v) is 4.61. The zero-order chi connectivity index (χ0) is 15.5. The van der Waals surface area contributed by atoms with Crippen LogP contribution >= 0.6 is 12.4 Å². The number of amides is 1. The van der Waals surface area contributed by atoms with E-state index >= 15 is 0 Å². The molecule has 4 N–H and O–H groups in total. The van der Waals surface area contributed by atoms with E-state index in [2.05, 4.69) is 0 Å². The number of benzene rings is 1. The summed E-state index contributed by atoms with van der Waals surface area (Å²) in [7, 11) is -3.68. The van der Waals surface area contributed by atoms with Crippen molar-refractivity contribution < 1.29 is 13.2 Å². The Balaban J connectivity index is 0.00000242. The summed E-state index contributed by atoms with van der Waals surface area (Å²) in [6.45, 7) is 1.06. The molecule has 1 aromatic rings. The molecule has 1 saturated heterocycles. The predicted molar refractivity (Wildman–Crippen MR) is 86.6 cm³/mol. The van der Waals surface area contributed by atoms with E-state index in [1.165, 1.54) is 4.31 Å². The second-order valence-electron chi connectivity index (χ2n) is 5.07. The molecule has 0 aliphatic carbocycles. The quantitative estimate of drug-likeness (QED) is 0.751. The van der Waals surface area contributed by atoms with Gasteiger partial charge in [0.2, 0.25) is 5.91 Å². The molecule has 0 aromatic heterocycles. The van der Waals surface area contributed by atoms with Crippen LogP contribution in [0.15, 0.2) is 30.3 Å². The first-order valence-corrected chi connectivity index (χ1v) is 8.24. The van der Waals surface area contributed by atoms with E-state index in [1.54, 1.807) is 4.90 Å². The molecular weight excluding hydrogens is 328 g/mol. The first kappa shape index (κ1) is 18.9. The van der Waals surface area contributed by atoms with Gasteiger partial charge in [-0.25, -0.2) is 5.14 Å². The molecule has 7 nitrogen and oxygen atoms in total. The highest BCUT2D eigenvalue weighted by Crippen LogP contribution is 2.08. The lowest BCUT2D eigenvalue weighted by Gasteiger charge is -2.34. The Morgan fingerprint density at radius 3 is 2.18 bits per heavy atom. The van der Waals surface area contributed by atoms with Gasteiger partial charge < -0.3 is 10.6 Å². The third kappa shape index (κ3) is 4.92. The second kappa shape index (κ2) is 7.89. The average molecular weight is 349 g/mol. The van der Waals surface area contributed by atoms with Gasteiger partial charge in [0.1, 0.15) is 0 Å². The van der Waals surface area contributed by atoms with Crippen molar-refractivity contribution in [3.63, 3.8) is 0 Å². The van der Waals surface area contributed by atoms with Gasteiger partial charge in [-0.3, -0.25) is 4.79 Å². The van der Waals surface area contributed by atoms with E-state index in [0.717, 1.165) is 5.56 Å². The van der Waals surface area contributed by atoms with E-state index in [9.17, 15) is 13.2 Å². The van der Waals surface area contributed by atoms with Gasteiger partial charge in [-0.1, -0.05) is 30.3 Å². The molecule has 1 atom stereocenters. The molecule has 9 heteroatoms. The van der Waals surface area contributed by atoms with Crippen molar-refractivity contribution in [2.24, 2.45) is 10.9 Å². The van der Waals surface area contributed by atoms with E-state index in [1.807, 2.05) is 30.3 Å². The Morgan fingerprint density at radius 1 is 1.14 bits per heavy atom. The third-order valence-electron chi connectivity index (χ3n) is 3.53. The highest BCUT2D eigenvalue weighted by Gasteiger charge is 2.28. The molecule has 0 spiro atoms. The van der Waals surface area contributed by atoms with Crippen LogP contribution in [0.2, 0.25) is 0 Å². The van der Waals surface area contributed by atoms with Gasteiger partial charge in [0.25, 0.3) is 10.2 Å². The van der Waals surface area contributed by atoms with E-state index in [-0.39, 0.29) is 31.4 Å². The number of nitrogens with zero attached hydrogens (tertiary/aromatic N) is 2. The Kier molecular flexibility index (Phi) is 6.76. The number of hydrogen-bond donors (Lipinski definition) is 2. The van der Waals surface area contributed by atoms with Crippen molar-refractivity contribution in [2.45, 2.75) is 12.5 Å². The molecule has 2 rings (SSSR count). The summed E-state index contributed by atoms with van der Waals surface area (Å²) in [5.74, 6) is -0.159. The first-order chi connectivity index (χ1) is 9.88. The van der Waals surface area contributed by atoms with Gasteiger partial charge in [0, 0.05) is 26.2 Å². The lowest BCUT2D eigenvalue weighted by molar-refractivity contribution is -0.133. The number of rotatable bonds is 4. The maximum atomic E-state index is 12.3. The Labute approximate surface area is 136 Å². The maximum Gasteiger partial charge on any atom is 0.277 e. The molecule has 1 aliphatic heterocycles. The Bertz CT molecular complexity index is 589. The molecule has 0 saturated carbocycles. The van der Waals surface area contributed by atoms with Crippen molar-refractivity contribution in [2.75, 3.05) is 26.2 Å². The van der Waals surface area contributed by atoms with Crippen LogP contribution in [0, 0.1) is 0 Å². The normalized spacial score (nSPS) is 17.6. The Morgan fingerprint density at radius 2 is 1.68 bits per heavy atom. The van der Waals surface area contributed by atoms with Crippen LogP contribution in [0.4, 0.5) is 0 Å². The molecule has 22 heavy (non-hydrogen) atoms. The highest BCUT2D eigenvalue weighted by molar-refractivity contribution is 7.86. The maximum absolute atomic E-state index is 12.3. The molecule has 1 aromatic carbocycles. The van der Waals surface area contributed by atoms with Gasteiger partial charge in [-0.15, -0.1) is 12.4 Å². The lowest BCUT2D eigenvalue weighted by Crippen LogP contribution is -2.55. The van der Waals surface area contributed by atoms with Crippen LogP contribution in [0.5, 0.6) is 0 Å². The largest absolute Gasteiger partial charge is 0.339 e. The molecular formula is C13H21ClN4O3S. The summed E-state index contributed by atoms with van der Waals surface area (Å²) >= 11 is 0. The molecule has 1 aliphatic rings. The summed E-state index contributed by atoms with van der Waals surface area (Å²) in [6, 6.07) is 8.93. The van der Waals surface area contributed by atoms with Crippen molar-refractivity contribution in [3.05, 3.63) is 35.9 Å². The molecule has 1 amide bonds. The fourth-order valence-electron chi connectivity index (χ4n) is 2.35. The number of piperazine rings is 1. The summed E-state index contributed by atoms with van der Waals surface area (Å²) in [4.78, 5) is 13.9. The Hall–Kier alpha value is -1.19. The number of carbonyl (C=O) groups excluding carboxylic acids is 1. The van der Waals surface area contributed by atoms with Crippen LogP contribution in [-0.4, -0.2) is 55.8 Å². The van der Waals surface area contributed by atoms with E-state index in [4.69, 9.17) is 10.9 Å². The predicted octanol–water partition coefficient (Wildman–Crippen LogP) is -0.674. The van der Waals surface area contributed by atoms with Crippen molar-refractivity contribution in [1.29, 1.82) is 0 Å². The standard InChI is InChI=1S/C13H20N4O3S.ClH/c14-12(10-11-4-2-1-3-5-11)13(18)16-6-8-17(9-7-16)21(15,19)20;/h1-5,12H,6-10,14H2,(H2,15,19,20);1H. The van der Waals surface area contributed by atoms with Crippen LogP contribution in [0.3, 0.4) is 0 Å². The van der Waals surface area contributed by atoms with Gasteiger partial charge >= 0.3 is 0 Å². The van der Waals surface area contributed by atoms with Crippen LogP contribution < -0.4 is 10.9 Å². The topological polar surface area (TPSA) is 110 Å². The summed E-state index contributed by atoms with van der Waals surface area (Å²) in [6.07, 6.45) is 0.467. The minimum absolute atomic E-state index is 0. The van der Waals surface area contributed by atoms with Gasteiger partial charge in [0.15, 0.2) is 0 Å². The van der Waals surface area contributed by atoms with Gasteiger partial charge in [0.05, 0.1) is 6.04 Å². The summed E-state index contributed by atoms with van der Waals surface area (Å²) in [5.41, 5.74) is 6.95. The fourth-order valence-corrected chi connectivity index (χ4v) is 3.03. The molecule has 1 fully saturated rings. The molecule has 0 bridgehead atoms. The average Bonchev–Trinajstić information content (AvgIpc) is 2.46. The summed E-state index contributed by atoms with van der Waals surface area (Å²) in [5, 5.41) is 5.06. The fraction of sp³-hybridized carbons (Fsp3) is 0.462. The van der Waals surface area contributed by atoms with Crippen LogP contribution in [-0.2, 0) is 21.4 Å². The first-order valence-electron chi connectivity index (χ1n) is 6.74. The van der Waals surface area contributed by atoms with Crippen molar-refractivity contribution in [3.8, 4) is 0 Å². The summed E-state index contributed by atoms with van der Waals surface area (Å²) < 4.78 is 23.6. The lowest BCUT2D eigenvalue weighted by atomic mass is 10.1. The van der Waals surface area contributed by atoms with E-state index < -0.39 is 16.3 Å². The van der Waals surface area contributed by atoms with Crippen molar-refractivity contribution in [1.82, 2.24) is 9.21 Å². The number of hydrogen-bond acceptors (Lipinski definition) is 4. The second-order valence-corrected chi connectivity index (χ2v) is 6.61. The molecule has 124 valence electrons. The van der Waals surface area contributed by atoms with Crippen molar-refractivity contribution >= 4 is 28.5 Å². The van der Waals surface area contributed by atoms with Crippen LogP contribution in [0.1, 0.15) is 5.56 Å². The molecule has 1 unspecified atom stereocenters. The van der Waals surface area contributed by atoms with Gasteiger partial charge in [-0.2, -0.15) is 12.7 Å². The highest BCUT2D eigenvalue weighted by atomic mass is 35.5. The van der Waals surface area contributed by atoms with Crippen LogP contribution in [0.25, 0.3) is 0 Å². The monoisotopic (exact) mass is 348 g/mol. The minimum Gasteiger partial charge on any atom is -0.339 e. The zero-order valence-electron chi connectivity index (χ0n) is 12.1. The SMILES string of the molecule is Cl.NC(Cc1ccccc1)C(=O)N1CCN(S(N)(=O)=O)CC1. The van der Waals surface area contributed by atoms with E-state index in [0.29, 0.717) is 19.5 Å². The number of nitrogens with two attached hydrogens (primary N) is 2. The zero-order valence-corrected chi connectivity index (χ0v) is 13.7. The van der Waals surface area contributed by atoms with Gasteiger partial charge in [-0.05, 0) is 12.0 Å². The molecule has 1 heterocycles.